The fourth-order valence-electron chi connectivity index (χ4n) is 3.48. The van der Waals surface area contributed by atoms with Gasteiger partial charge in [0.05, 0.1) is 23.4 Å². The summed E-state index contributed by atoms with van der Waals surface area (Å²) in [6.07, 6.45) is 0. The first-order chi connectivity index (χ1) is 16.4. The number of nitrogens with zero attached hydrogens (tertiary/aromatic N) is 1. The van der Waals surface area contributed by atoms with E-state index in [9.17, 15) is 19.8 Å². The first-order valence-electron chi connectivity index (χ1n) is 11.0. The van der Waals surface area contributed by atoms with Gasteiger partial charge in [0, 0.05) is 13.1 Å². The van der Waals surface area contributed by atoms with Crippen molar-refractivity contribution in [2.24, 2.45) is 0 Å². The molecule has 0 aliphatic carbocycles. The predicted octanol–water partition coefficient (Wildman–Crippen LogP) is 4.12. The topological polar surface area (TPSA) is 119 Å². The number of hydrogen-bond acceptors (Lipinski definition) is 6. The van der Waals surface area contributed by atoms with Gasteiger partial charge in [-0.15, -0.1) is 12.4 Å². The number of carbonyl (C=O) groups excluding carboxylic acids is 1. The lowest BCUT2D eigenvalue weighted by Gasteiger charge is -2.19. The third-order valence-corrected chi connectivity index (χ3v) is 5.36. The number of carboxylic acids is 1. The lowest BCUT2D eigenvalue weighted by Crippen LogP contribution is -2.30. The lowest BCUT2D eigenvalue weighted by molar-refractivity contribution is 0.0698. The van der Waals surface area contributed by atoms with Gasteiger partial charge in [0.25, 0.3) is 5.91 Å². The summed E-state index contributed by atoms with van der Waals surface area (Å²) in [4.78, 5) is 26.7. The minimum absolute atomic E-state index is 0. The monoisotopic (exact) mass is 500 g/mol. The number of phenols is 1. The summed E-state index contributed by atoms with van der Waals surface area (Å²) in [5.41, 5.74) is 1.62. The summed E-state index contributed by atoms with van der Waals surface area (Å²) in [5, 5.41) is 31.5. The van der Waals surface area contributed by atoms with E-state index in [1.165, 1.54) is 18.2 Å². The van der Waals surface area contributed by atoms with E-state index in [1.54, 1.807) is 18.2 Å². The highest BCUT2D eigenvalue weighted by atomic mass is 35.5. The molecular weight excluding hydrogens is 472 g/mol. The Bertz CT molecular complexity index is 1140. The molecular formula is C26H29ClN2O6. The van der Waals surface area contributed by atoms with Crippen LogP contribution in [0, 0.1) is 0 Å². The highest BCUT2D eigenvalue weighted by Crippen LogP contribution is 2.28. The lowest BCUT2D eigenvalue weighted by atomic mass is 10.0. The number of rotatable bonds is 11. The number of aromatic hydroxyl groups is 1. The van der Waals surface area contributed by atoms with Crippen LogP contribution in [0.15, 0.2) is 66.7 Å². The Kier molecular flexibility index (Phi) is 10.5. The smallest absolute Gasteiger partial charge is 0.337 e. The van der Waals surface area contributed by atoms with Crippen molar-refractivity contribution in [3.63, 3.8) is 0 Å². The maximum absolute atomic E-state index is 13.0. The average Bonchev–Trinajstić information content (AvgIpc) is 2.84. The zero-order chi connectivity index (χ0) is 24.5. The van der Waals surface area contributed by atoms with Gasteiger partial charge in [0.2, 0.25) is 0 Å². The van der Waals surface area contributed by atoms with Crippen LogP contribution in [0.1, 0.15) is 27.6 Å². The van der Waals surface area contributed by atoms with Gasteiger partial charge in [0.1, 0.15) is 18.1 Å². The van der Waals surface area contributed by atoms with Crippen LogP contribution in [0.3, 0.4) is 0 Å². The zero-order valence-electron chi connectivity index (χ0n) is 19.3. The number of hydrogen-bond donors (Lipinski definition) is 4. The highest BCUT2D eigenvalue weighted by Gasteiger charge is 2.18. The summed E-state index contributed by atoms with van der Waals surface area (Å²) < 4.78 is 5.71. The van der Waals surface area contributed by atoms with Gasteiger partial charge in [-0.05, 0) is 48.0 Å². The molecule has 0 saturated heterocycles. The normalized spacial score (nSPS) is 10.5. The second-order valence-electron chi connectivity index (χ2n) is 7.57. The highest BCUT2D eigenvalue weighted by molar-refractivity contribution is 6.09. The number of aliphatic hydroxyl groups excluding tert-OH is 1. The Balaban J connectivity index is 0.00000432. The van der Waals surface area contributed by atoms with Crippen molar-refractivity contribution in [1.82, 2.24) is 4.90 Å². The van der Waals surface area contributed by atoms with Crippen LogP contribution in [-0.2, 0) is 0 Å². The molecule has 0 spiro atoms. The van der Waals surface area contributed by atoms with Crippen LogP contribution in [0.25, 0.3) is 11.1 Å². The first-order valence-corrected chi connectivity index (χ1v) is 11.0. The first kappa shape index (κ1) is 27.7. The van der Waals surface area contributed by atoms with Gasteiger partial charge in [-0.25, -0.2) is 4.79 Å². The van der Waals surface area contributed by atoms with E-state index in [2.05, 4.69) is 5.32 Å². The molecule has 0 radical (unpaired) electrons. The number of halogens is 1. The number of carbonyl (C=O) groups is 2. The van der Waals surface area contributed by atoms with Crippen LogP contribution in [-0.4, -0.2) is 64.9 Å². The summed E-state index contributed by atoms with van der Waals surface area (Å²) in [6, 6.07) is 18.4. The molecule has 0 saturated carbocycles. The van der Waals surface area contributed by atoms with Crippen molar-refractivity contribution in [1.29, 1.82) is 0 Å². The van der Waals surface area contributed by atoms with Gasteiger partial charge in [0.15, 0.2) is 0 Å². The van der Waals surface area contributed by atoms with Crippen LogP contribution in [0.4, 0.5) is 5.69 Å². The number of likely N-dealkylation sites (N-methyl/N-ethyl adjacent to an activating group) is 1. The number of ether oxygens (including phenoxy) is 1. The van der Waals surface area contributed by atoms with E-state index in [4.69, 9.17) is 9.84 Å². The maximum Gasteiger partial charge on any atom is 0.337 e. The van der Waals surface area contributed by atoms with Crippen molar-refractivity contribution in [3.05, 3.63) is 77.9 Å². The number of anilines is 1. The molecule has 0 unspecified atom stereocenters. The Hall–Kier alpha value is -3.59. The molecule has 9 heteroatoms. The quantitative estimate of drug-likeness (QED) is 0.312. The molecule has 0 fully saturated rings. The SMILES string of the molecule is CCN(CCO)CCOc1ccc(O)c(C(=O)Nc2cc(-c3ccccc3)ccc2C(=O)O)c1.Cl. The predicted molar refractivity (Wildman–Crippen MR) is 137 cm³/mol. The third kappa shape index (κ3) is 7.45. The van der Waals surface area contributed by atoms with Gasteiger partial charge in [-0.1, -0.05) is 43.3 Å². The van der Waals surface area contributed by atoms with Gasteiger partial charge >= 0.3 is 5.97 Å². The van der Waals surface area contributed by atoms with E-state index in [0.29, 0.717) is 25.4 Å². The Labute approximate surface area is 210 Å². The molecule has 3 rings (SSSR count). The number of aliphatic hydroxyl groups is 1. The molecule has 0 aliphatic rings. The molecule has 0 atom stereocenters. The van der Waals surface area contributed by atoms with Crippen molar-refractivity contribution >= 4 is 30.0 Å². The van der Waals surface area contributed by atoms with Crippen LogP contribution >= 0.6 is 12.4 Å². The number of aromatic carboxylic acids is 1. The van der Waals surface area contributed by atoms with E-state index >= 15 is 0 Å². The van der Waals surface area contributed by atoms with Crippen LogP contribution in [0.5, 0.6) is 11.5 Å². The van der Waals surface area contributed by atoms with Gasteiger partial charge < -0.3 is 25.4 Å². The molecule has 3 aromatic carbocycles. The Morgan fingerprint density at radius 1 is 0.943 bits per heavy atom. The Morgan fingerprint density at radius 3 is 2.34 bits per heavy atom. The van der Waals surface area contributed by atoms with Crippen molar-refractivity contribution in [2.45, 2.75) is 6.92 Å². The third-order valence-electron chi connectivity index (χ3n) is 5.36. The minimum Gasteiger partial charge on any atom is -0.507 e. The maximum atomic E-state index is 13.0. The summed E-state index contributed by atoms with van der Waals surface area (Å²) >= 11 is 0. The zero-order valence-corrected chi connectivity index (χ0v) is 20.1. The number of benzene rings is 3. The number of phenolic OH excluding ortho intramolecular Hbond substituents is 1. The molecule has 0 aromatic heterocycles. The molecule has 0 bridgehead atoms. The standard InChI is InChI=1S/C26H28N2O6.ClH/c1-2-28(12-14-29)13-15-34-20-9-11-24(30)22(17-20)25(31)27-23-16-19(8-10-21(23)26(32)33)18-6-4-3-5-7-18;/h3-11,16-17,29-30H,2,12-15H2,1H3,(H,27,31)(H,32,33);1H. The Morgan fingerprint density at radius 2 is 1.69 bits per heavy atom. The summed E-state index contributed by atoms with van der Waals surface area (Å²) in [7, 11) is 0. The fourth-order valence-corrected chi connectivity index (χ4v) is 3.48. The summed E-state index contributed by atoms with van der Waals surface area (Å²) in [6.45, 7) is 4.27. The van der Waals surface area contributed by atoms with Gasteiger partial charge in [-0.2, -0.15) is 0 Å². The van der Waals surface area contributed by atoms with Crippen molar-refractivity contribution < 1.29 is 29.6 Å². The van der Waals surface area contributed by atoms with E-state index in [-0.39, 0.29) is 41.6 Å². The molecule has 0 aliphatic heterocycles. The molecule has 3 aromatic rings. The molecule has 186 valence electrons. The van der Waals surface area contributed by atoms with E-state index in [0.717, 1.165) is 17.7 Å². The molecule has 35 heavy (non-hydrogen) atoms. The summed E-state index contributed by atoms with van der Waals surface area (Å²) in [5.74, 6) is -1.71. The minimum atomic E-state index is -1.18. The van der Waals surface area contributed by atoms with Gasteiger partial charge in [-0.3, -0.25) is 9.69 Å². The molecule has 1 amide bonds. The number of carboxylic acid groups (broad SMARTS) is 1. The second-order valence-corrected chi connectivity index (χ2v) is 7.57. The molecule has 8 nitrogen and oxygen atoms in total. The largest absolute Gasteiger partial charge is 0.507 e. The molecule has 0 heterocycles. The van der Waals surface area contributed by atoms with Crippen LogP contribution in [0.2, 0.25) is 0 Å². The number of nitrogens with one attached hydrogen (secondary N) is 1. The van der Waals surface area contributed by atoms with Crippen molar-refractivity contribution in [3.8, 4) is 22.6 Å². The molecule has 4 N–H and O–H groups in total. The second kappa shape index (κ2) is 13.3. The fraction of sp³-hybridized carbons (Fsp3) is 0.231. The number of amides is 1. The van der Waals surface area contributed by atoms with E-state index in [1.807, 2.05) is 42.2 Å². The van der Waals surface area contributed by atoms with E-state index < -0.39 is 11.9 Å². The average molecular weight is 501 g/mol. The van der Waals surface area contributed by atoms with Crippen LogP contribution < -0.4 is 10.1 Å². The van der Waals surface area contributed by atoms with Crippen molar-refractivity contribution in [2.75, 3.05) is 38.2 Å².